The fourth-order valence-electron chi connectivity index (χ4n) is 2.57. The lowest BCUT2D eigenvalue weighted by Gasteiger charge is -2.22. The van der Waals surface area contributed by atoms with Gasteiger partial charge in [0.15, 0.2) is 0 Å². The molecular formula is C14H21NO2. The fraction of sp³-hybridized carbons (Fsp3) is 0.571. The molecule has 1 N–H and O–H groups in total. The molecule has 0 aromatic heterocycles. The van der Waals surface area contributed by atoms with Crippen LogP contribution in [0.15, 0.2) is 24.3 Å². The minimum atomic E-state index is 0.367. The van der Waals surface area contributed by atoms with Gasteiger partial charge in [-0.1, -0.05) is 12.1 Å². The molecule has 1 heterocycles. The molecule has 0 aliphatic carbocycles. The maximum atomic E-state index is 5.65. The van der Waals surface area contributed by atoms with E-state index in [1.165, 1.54) is 5.56 Å². The van der Waals surface area contributed by atoms with Crippen molar-refractivity contribution < 1.29 is 9.47 Å². The van der Waals surface area contributed by atoms with Crippen LogP contribution < -0.4 is 10.1 Å². The van der Waals surface area contributed by atoms with Crippen molar-refractivity contribution in [3.8, 4) is 5.75 Å². The van der Waals surface area contributed by atoms with Crippen LogP contribution in [-0.4, -0.2) is 26.9 Å². The lowest BCUT2D eigenvalue weighted by molar-refractivity contribution is 0.117. The summed E-state index contributed by atoms with van der Waals surface area (Å²) in [6, 6.07) is 8.65. The SMILES string of the molecule is CNC(c1ccc(OC)cc1)C1COC(C)C1. The second kappa shape index (κ2) is 5.52. The lowest BCUT2D eigenvalue weighted by Crippen LogP contribution is -2.25. The highest BCUT2D eigenvalue weighted by Crippen LogP contribution is 2.32. The Hall–Kier alpha value is -1.06. The Morgan fingerprint density at radius 1 is 1.35 bits per heavy atom. The van der Waals surface area contributed by atoms with Gasteiger partial charge in [-0.15, -0.1) is 0 Å². The Morgan fingerprint density at radius 2 is 2.06 bits per heavy atom. The predicted octanol–water partition coefficient (Wildman–Crippen LogP) is 2.38. The average Bonchev–Trinajstić information content (AvgIpc) is 2.78. The third-order valence-corrected chi connectivity index (χ3v) is 3.49. The molecule has 17 heavy (non-hydrogen) atoms. The van der Waals surface area contributed by atoms with E-state index < -0.39 is 0 Å². The molecule has 1 fully saturated rings. The van der Waals surface area contributed by atoms with E-state index in [-0.39, 0.29) is 0 Å². The second-order valence-corrected chi connectivity index (χ2v) is 4.68. The molecule has 1 aromatic carbocycles. The molecule has 1 saturated heterocycles. The van der Waals surface area contributed by atoms with Crippen LogP contribution in [0, 0.1) is 5.92 Å². The first-order valence-electron chi connectivity index (χ1n) is 6.17. The van der Waals surface area contributed by atoms with Crippen molar-refractivity contribution in [3.63, 3.8) is 0 Å². The third kappa shape index (κ3) is 2.79. The molecule has 1 aliphatic rings. The van der Waals surface area contributed by atoms with E-state index in [2.05, 4.69) is 24.4 Å². The van der Waals surface area contributed by atoms with Crippen LogP contribution in [0.2, 0.25) is 0 Å². The number of ether oxygens (including phenoxy) is 2. The van der Waals surface area contributed by atoms with Crippen LogP contribution in [0.3, 0.4) is 0 Å². The second-order valence-electron chi connectivity index (χ2n) is 4.68. The van der Waals surface area contributed by atoms with Gasteiger partial charge in [0.2, 0.25) is 0 Å². The zero-order valence-corrected chi connectivity index (χ0v) is 10.8. The fourth-order valence-corrected chi connectivity index (χ4v) is 2.57. The van der Waals surface area contributed by atoms with Crippen LogP contribution in [-0.2, 0) is 4.74 Å². The van der Waals surface area contributed by atoms with Crippen LogP contribution in [0.4, 0.5) is 0 Å². The molecule has 0 radical (unpaired) electrons. The number of benzene rings is 1. The zero-order chi connectivity index (χ0) is 12.3. The van der Waals surface area contributed by atoms with Gasteiger partial charge in [0.25, 0.3) is 0 Å². The molecule has 94 valence electrons. The number of methoxy groups -OCH3 is 1. The summed E-state index contributed by atoms with van der Waals surface area (Å²) in [5.41, 5.74) is 1.30. The summed E-state index contributed by atoms with van der Waals surface area (Å²) >= 11 is 0. The van der Waals surface area contributed by atoms with Gasteiger partial charge in [-0.2, -0.15) is 0 Å². The van der Waals surface area contributed by atoms with Gasteiger partial charge < -0.3 is 14.8 Å². The highest BCUT2D eigenvalue weighted by molar-refractivity contribution is 5.29. The van der Waals surface area contributed by atoms with Crippen molar-refractivity contribution in [2.75, 3.05) is 20.8 Å². The van der Waals surface area contributed by atoms with E-state index in [9.17, 15) is 0 Å². The van der Waals surface area contributed by atoms with E-state index >= 15 is 0 Å². The summed E-state index contributed by atoms with van der Waals surface area (Å²) in [7, 11) is 3.70. The van der Waals surface area contributed by atoms with Crippen molar-refractivity contribution in [2.24, 2.45) is 5.92 Å². The third-order valence-electron chi connectivity index (χ3n) is 3.49. The Bertz CT molecular complexity index is 350. The van der Waals surface area contributed by atoms with Gasteiger partial charge in [0.05, 0.1) is 19.8 Å². The van der Waals surface area contributed by atoms with Crippen LogP contribution in [0.1, 0.15) is 24.9 Å². The highest BCUT2D eigenvalue weighted by Gasteiger charge is 2.29. The normalized spacial score (nSPS) is 25.8. The molecular weight excluding hydrogens is 214 g/mol. The first-order valence-corrected chi connectivity index (χ1v) is 6.17. The Morgan fingerprint density at radius 3 is 2.53 bits per heavy atom. The maximum absolute atomic E-state index is 5.65. The van der Waals surface area contributed by atoms with Gasteiger partial charge in [0.1, 0.15) is 5.75 Å². The lowest BCUT2D eigenvalue weighted by atomic mass is 9.91. The summed E-state index contributed by atoms with van der Waals surface area (Å²) in [5, 5.41) is 3.40. The first-order chi connectivity index (χ1) is 8.24. The van der Waals surface area contributed by atoms with Crippen LogP contribution in [0.5, 0.6) is 5.75 Å². The largest absolute Gasteiger partial charge is 0.497 e. The number of rotatable bonds is 4. The Balaban J connectivity index is 2.11. The van der Waals surface area contributed by atoms with E-state index in [0.717, 1.165) is 18.8 Å². The first kappa shape index (κ1) is 12.4. The summed E-state index contributed by atoms with van der Waals surface area (Å²) in [4.78, 5) is 0. The van der Waals surface area contributed by atoms with Gasteiger partial charge in [-0.25, -0.2) is 0 Å². The van der Waals surface area contributed by atoms with E-state index in [4.69, 9.17) is 9.47 Å². The summed E-state index contributed by atoms with van der Waals surface area (Å²) in [6.07, 6.45) is 1.51. The summed E-state index contributed by atoms with van der Waals surface area (Å²) in [6.45, 7) is 2.99. The van der Waals surface area contributed by atoms with Crippen molar-refractivity contribution in [1.82, 2.24) is 5.32 Å². The zero-order valence-electron chi connectivity index (χ0n) is 10.8. The highest BCUT2D eigenvalue weighted by atomic mass is 16.5. The number of nitrogens with one attached hydrogen (secondary N) is 1. The van der Waals surface area contributed by atoms with Crippen molar-refractivity contribution in [1.29, 1.82) is 0 Å². The maximum Gasteiger partial charge on any atom is 0.118 e. The van der Waals surface area contributed by atoms with E-state index in [1.807, 2.05) is 19.2 Å². The van der Waals surface area contributed by atoms with E-state index in [1.54, 1.807) is 7.11 Å². The average molecular weight is 235 g/mol. The molecule has 0 saturated carbocycles. The van der Waals surface area contributed by atoms with Gasteiger partial charge in [-0.3, -0.25) is 0 Å². The van der Waals surface area contributed by atoms with Crippen molar-refractivity contribution in [2.45, 2.75) is 25.5 Å². The Kier molecular flexibility index (Phi) is 4.02. The van der Waals surface area contributed by atoms with Crippen LogP contribution in [0.25, 0.3) is 0 Å². The molecule has 0 spiro atoms. The smallest absolute Gasteiger partial charge is 0.118 e. The molecule has 0 bridgehead atoms. The van der Waals surface area contributed by atoms with Gasteiger partial charge in [-0.05, 0) is 38.1 Å². The Labute approximate surface area is 103 Å². The molecule has 2 rings (SSSR count). The number of hydrogen-bond acceptors (Lipinski definition) is 3. The molecule has 3 heteroatoms. The standard InChI is InChI=1S/C14H21NO2/c1-10-8-12(9-17-10)14(15-2)11-4-6-13(16-3)7-5-11/h4-7,10,12,14-15H,8-9H2,1-3H3. The monoisotopic (exact) mass is 235 g/mol. The summed E-state index contributed by atoms with van der Waals surface area (Å²) < 4.78 is 10.8. The quantitative estimate of drug-likeness (QED) is 0.869. The van der Waals surface area contributed by atoms with Crippen molar-refractivity contribution >= 4 is 0 Å². The minimum absolute atomic E-state index is 0.367. The van der Waals surface area contributed by atoms with Crippen molar-refractivity contribution in [3.05, 3.63) is 29.8 Å². The van der Waals surface area contributed by atoms with E-state index in [0.29, 0.717) is 18.1 Å². The molecule has 3 nitrogen and oxygen atoms in total. The number of hydrogen-bond donors (Lipinski definition) is 1. The molecule has 0 amide bonds. The minimum Gasteiger partial charge on any atom is -0.497 e. The van der Waals surface area contributed by atoms with Gasteiger partial charge in [0, 0.05) is 12.0 Å². The molecule has 1 aromatic rings. The van der Waals surface area contributed by atoms with Gasteiger partial charge >= 0.3 is 0 Å². The topological polar surface area (TPSA) is 30.5 Å². The molecule has 3 unspecified atom stereocenters. The molecule has 3 atom stereocenters. The van der Waals surface area contributed by atoms with Crippen LogP contribution >= 0.6 is 0 Å². The molecule has 1 aliphatic heterocycles. The summed E-state index contributed by atoms with van der Waals surface area (Å²) in [5.74, 6) is 1.46. The predicted molar refractivity (Wildman–Crippen MR) is 68.3 cm³/mol.